The fourth-order valence-corrected chi connectivity index (χ4v) is 3.51. The molecule has 1 aromatic heterocycles. The molecule has 0 aliphatic carbocycles. The van der Waals surface area contributed by atoms with E-state index in [1.807, 2.05) is 29.2 Å². The summed E-state index contributed by atoms with van der Waals surface area (Å²) in [5.41, 5.74) is 2.57. The summed E-state index contributed by atoms with van der Waals surface area (Å²) in [7, 11) is 0. The lowest BCUT2D eigenvalue weighted by atomic mass is 10.0. The number of aromatic amines is 1. The highest BCUT2D eigenvalue weighted by Crippen LogP contribution is 2.38. The van der Waals surface area contributed by atoms with Crippen molar-refractivity contribution in [3.63, 3.8) is 0 Å². The lowest BCUT2D eigenvalue weighted by Gasteiger charge is -2.26. The van der Waals surface area contributed by atoms with Gasteiger partial charge in [0.1, 0.15) is 18.9 Å². The standard InChI is InChI=1S/C19H23N3O3/c1-12(2)14-11-15(21-20-14)19(23)22-7-3-4-16(22)13-5-6-17-18(10-13)25-9-8-24-17/h5-6,10-12,16H,3-4,7-9H2,1-2H3,(H,20,21). The van der Waals surface area contributed by atoms with Crippen LogP contribution in [0.5, 0.6) is 11.5 Å². The number of H-pyrrole nitrogens is 1. The molecular weight excluding hydrogens is 318 g/mol. The van der Waals surface area contributed by atoms with Crippen molar-refractivity contribution in [3.8, 4) is 11.5 Å². The molecule has 1 aromatic carbocycles. The highest BCUT2D eigenvalue weighted by atomic mass is 16.6. The summed E-state index contributed by atoms with van der Waals surface area (Å²) < 4.78 is 11.3. The Hall–Kier alpha value is -2.50. The smallest absolute Gasteiger partial charge is 0.274 e. The fraction of sp³-hybridized carbons (Fsp3) is 0.474. The molecule has 6 heteroatoms. The summed E-state index contributed by atoms with van der Waals surface area (Å²) in [4.78, 5) is 14.9. The fourth-order valence-electron chi connectivity index (χ4n) is 3.51. The molecule has 1 amide bonds. The van der Waals surface area contributed by atoms with Crippen molar-refractivity contribution in [2.75, 3.05) is 19.8 Å². The third kappa shape index (κ3) is 2.97. The number of carbonyl (C=O) groups excluding carboxylic acids is 1. The first kappa shape index (κ1) is 16.0. The molecule has 6 nitrogen and oxygen atoms in total. The minimum Gasteiger partial charge on any atom is -0.486 e. The number of nitrogens with one attached hydrogen (secondary N) is 1. The zero-order chi connectivity index (χ0) is 17.4. The van der Waals surface area contributed by atoms with E-state index in [9.17, 15) is 4.79 Å². The van der Waals surface area contributed by atoms with Crippen molar-refractivity contribution in [1.29, 1.82) is 0 Å². The van der Waals surface area contributed by atoms with Gasteiger partial charge in [0.15, 0.2) is 11.5 Å². The molecule has 2 aliphatic rings. The van der Waals surface area contributed by atoms with Crippen LogP contribution in [-0.2, 0) is 0 Å². The predicted molar refractivity (Wildman–Crippen MR) is 93.1 cm³/mol. The number of ether oxygens (including phenoxy) is 2. The molecule has 132 valence electrons. The Balaban J connectivity index is 1.58. The average molecular weight is 341 g/mol. The van der Waals surface area contributed by atoms with Crippen LogP contribution in [0.15, 0.2) is 24.3 Å². The molecule has 0 radical (unpaired) electrons. The van der Waals surface area contributed by atoms with Crippen LogP contribution in [0.3, 0.4) is 0 Å². The number of aromatic nitrogens is 2. The van der Waals surface area contributed by atoms with E-state index in [4.69, 9.17) is 9.47 Å². The van der Waals surface area contributed by atoms with Crippen molar-refractivity contribution in [1.82, 2.24) is 15.1 Å². The third-order valence-corrected chi connectivity index (χ3v) is 4.90. The van der Waals surface area contributed by atoms with E-state index in [0.29, 0.717) is 24.8 Å². The maximum Gasteiger partial charge on any atom is 0.274 e. The van der Waals surface area contributed by atoms with E-state index >= 15 is 0 Å². The second-order valence-corrected chi connectivity index (χ2v) is 6.92. The number of amides is 1. The molecule has 1 saturated heterocycles. The van der Waals surface area contributed by atoms with Crippen LogP contribution in [0.25, 0.3) is 0 Å². The minimum atomic E-state index is -0.0134. The van der Waals surface area contributed by atoms with E-state index in [-0.39, 0.29) is 11.9 Å². The van der Waals surface area contributed by atoms with E-state index in [2.05, 4.69) is 24.0 Å². The Morgan fingerprint density at radius 1 is 1.24 bits per heavy atom. The number of hydrogen-bond donors (Lipinski definition) is 1. The molecule has 2 aliphatic heterocycles. The van der Waals surface area contributed by atoms with Gasteiger partial charge in [-0.2, -0.15) is 5.10 Å². The van der Waals surface area contributed by atoms with E-state index in [1.165, 1.54) is 0 Å². The van der Waals surface area contributed by atoms with Gasteiger partial charge in [0.05, 0.1) is 6.04 Å². The van der Waals surface area contributed by atoms with Crippen molar-refractivity contribution in [3.05, 3.63) is 41.2 Å². The summed E-state index contributed by atoms with van der Waals surface area (Å²) in [6, 6.07) is 7.91. The summed E-state index contributed by atoms with van der Waals surface area (Å²) in [5, 5.41) is 7.19. The first-order valence-corrected chi connectivity index (χ1v) is 8.89. The Morgan fingerprint density at radius 2 is 2.04 bits per heavy atom. The molecule has 2 aromatic rings. The highest BCUT2D eigenvalue weighted by Gasteiger charge is 2.32. The van der Waals surface area contributed by atoms with Crippen molar-refractivity contribution in [2.45, 2.75) is 38.6 Å². The van der Waals surface area contributed by atoms with E-state index in [0.717, 1.165) is 42.1 Å². The lowest BCUT2D eigenvalue weighted by Crippen LogP contribution is -2.31. The van der Waals surface area contributed by atoms with Crippen molar-refractivity contribution in [2.24, 2.45) is 0 Å². The molecule has 1 fully saturated rings. The van der Waals surface area contributed by atoms with Crippen molar-refractivity contribution >= 4 is 5.91 Å². The van der Waals surface area contributed by atoms with Crippen LogP contribution in [0, 0.1) is 0 Å². The second kappa shape index (κ2) is 6.43. The number of nitrogens with zero attached hydrogens (tertiary/aromatic N) is 2. The zero-order valence-corrected chi connectivity index (χ0v) is 14.6. The number of likely N-dealkylation sites (tertiary alicyclic amines) is 1. The third-order valence-electron chi connectivity index (χ3n) is 4.90. The van der Waals surface area contributed by atoms with E-state index in [1.54, 1.807) is 0 Å². The molecule has 4 rings (SSSR count). The largest absolute Gasteiger partial charge is 0.486 e. The van der Waals surface area contributed by atoms with Gasteiger partial charge in [-0.25, -0.2) is 0 Å². The lowest BCUT2D eigenvalue weighted by molar-refractivity contribution is 0.0729. The van der Waals surface area contributed by atoms with Crippen LogP contribution in [0.4, 0.5) is 0 Å². The normalized spacial score (nSPS) is 19.5. The molecular formula is C19H23N3O3. The van der Waals surface area contributed by atoms with E-state index < -0.39 is 0 Å². The second-order valence-electron chi connectivity index (χ2n) is 6.92. The Morgan fingerprint density at radius 3 is 2.80 bits per heavy atom. The quantitative estimate of drug-likeness (QED) is 0.930. The van der Waals surface area contributed by atoms with Crippen LogP contribution < -0.4 is 9.47 Å². The summed E-state index contributed by atoms with van der Waals surface area (Å²) in [6.07, 6.45) is 1.94. The monoisotopic (exact) mass is 341 g/mol. The van der Waals surface area contributed by atoms with Gasteiger partial charge in [-0.05, 0) is 42.5 Å². The zero-order valence-electron chi connectivity index (χ0n) is 14.6. The molecule has 25 heavy (non-hydrogen) atoms. The first-order chi connectivity index (χ1) is 12.1. The molecule has 3 heterocycles. The van der Waals surface area contributed by atoms with Gasteiger partial charge in [0.2, 0.25) is 0 Å². The van der Waals surface area contributed by atoms with Gasteiger partial charge >= 0.3 is 0 Å². The Bertz CT molecular complexity index is 784. The molecule has 0 saturated carbocycles. The summed E-state index contributed by atoms with van der Waals surface area (Å²) >= 11 is 0. The number of hydrogen-bond acceptors (Lipinski definition) is 4. The topological polar surface area (TPSA) is 67.5 Å². The highest BCUT2D eigenvalue weighted by molar-refractivity contribution is 5.93. The Labute approximate surface area is 147 Å². The van der Waals surface area contributed by atoms with Crippen LogP contribution in [0.1, 0.15) is 60.4 Å². The maximum absolute atomic E-state index is 12.9. The maximum atomic E-state index is 12.9. The number of carbonyl (C=O) groups is 1. The SMILES string of the molecule is CC(C)c1cc(C(=O)N2CCCC2c2ccc3c(c2)OCCO3)n[nH]1. The van der Waals surface area contributed by atoms with Gasteiger partial charge in [-0.1, -0.05) is 19.9 Å². The molecule has 1 atom stereocenters. The predicted octanol–water partition coefficient (Wildman–Crippen LogP) is 3.28. The van der Waals surface area contributed by atoms with Gasteiger partial charge in [-0.15, -0.1) is 0 Å². The van der Waals surface area contributed by atoms with Crippen molar-refractivity contribution < 1.29 is 14.3 Å². The molecule has 1 unspecified atom stereocenters. The van der Waals surface area contributed by atoms with Crippen LogP contribution in [0.2, 0.25) is 0 Å². The Kier molecular flexibility index (Phi) is 4.11. The molecule has 0 spiro atoms. The number of benzene rings is 1. The van der Waals surface area contributed by atoms with Gasteiger partial charge in [0.25, 0.3) is 5.91 Å². The van der Waals surface area contributed by atoms with Crippen LogP contribution >= 0.6 is 0 Å². The minimum absolute atomic E-state index is 0.0134. The van der Waals surface area contributed by atoms with Gasteiger partial charge in [-0.3, -0.25) is 9.89 Å². The van der Waals surface area contributed by atoms with Crippen LogP contribution in [-0.4, -0.2) is 40.8 Å². The van der Waals surface area contributed by atoms with Gasteiger partial charge < -0.3 is 14.4 Å². The number of rotatable bonds is 3. The van der Waals surface area contributed by atoms with Gasteiger partial charge in [0, 0.05) is 12.2 Å². The average Bonchev–Trinajstić information content (AvgIpc) is 3.30. The molecule has 0 bridgehead atoms. The first-order valence-electron chi connectivity index (χ1n) is 8.89. The summed E-state index contributed by atoms with van der Waals surface area (Å²) in [6.45, 7) is 6.06. The number of fused-ring (bicyclic) bond motifs is 1. The molecule has 1 N–H and O–H groups in total. The summed E-state index contributed by atoms with van der Waals surface area (Å²) in [5.74, 6) is 1.85.